The van der Waals surface area contributed by atoms with Crippen molar-refractivity contribution in [3.05, 3.63) is 32.6 Å². The minimum atomic E-state index is -0.445. The number of nitrogens with zero attached hydrogens (tertiary/aromatic N) is 2. The smallest absolute Gasteiger partial charge is 0.404 e. The van der Waals surface area contributed by atoms with E-state index >= 15 is 0 Å². The van der Waals surface area contributed by atoms with Gasteiger partial charge in [0.25, 0.3) is 0 Å². The maximum Gasteiger partial charge on any atom is 1.00 e. The minimum Gasteiger partial charge on any atom is -0.404 e. The summed E-state index contributed by atoms with van der Waals surface area (Å²) in [5, 5.41) is 0. The molecule has 1 aromatic rings. The Labute approximate surface area is 105 Å². The largest absolute Gasteiger partial charge is 1.00 e. The number of hydrogen-bond donors (Lipinski definition) is 0. The summed E-state index contributed by atoms with van der Waals surface area (Å²) in [5.41, 5.74) is -0.222. The summed E-state index contributed by atoms with van der Waals surface area (Å²) in [7, 11) is 0. The Morgan fingerprint density at radius 1 is 1.50 bits per heavy atom. The molecule has 1 rings (SSSR count). The topological polar surface area (TPSA) is 53.2 Å². The van der Waals surface area contributed by atoms with Crippen molar-refractivity contribution in [3.8, 4) is 0 Å². The van der Waals surface area contributed by atoms with Crippen molar-refractivity contribution in [2.45, 2.75) is 33.2 Å². The first-order valence-electron chi connectivity index (χ1n) is 4.33. The zero-order valence-electron chi connectivity index (χ0n) is 9.07. The zero-order chi connectivity index (χ0) is 10.0. The van der Waals surface area contributed by atoms with Crippen molar-refractivity contribution < 1.29 is 29.6 Å². The zero-order valence-corrected chi connectivity index (χ0v) is 11.1. The molecular formula is C9H13N2NaO2. The molecule has 0 radical (unpaired) electrons. The van der Waals surface area contributed by atoms with Gasteiger partial charge in [-0.15, -0.1) is 0 Å². The molecule has 1 atom stereocenters. The number of rotatable bonds is 2. The van der Waals surface area contributed by atoms with Crippen LogP contribution in [0.15, 0.2) is 15.7 Å². The van der Waals surface area contributed by atoms with Gasteiger partial charge in [0.2, 0.25) is 0 Å². The summed E-state index contributed by atoms with van der Waals surface area (Å²) < 4.78 is 1.19. The molecule has 1 unspecified atom stereocenters. The van der Waals surface area contributed by atoms with Crippen LogP contribution in [0.4, 0.5) is 0 Å². The fraction of sp³-hybridized carbons (Fsp3) is 0.556. The van der Waals surface area contributed by atoms with Crippen LogP contribution in [0, 0.1) is 6.92 Å². The van der Waals surface area contributed by atoms with Crippen LogP contribution in [0.1, 0.15) is 32.0 Å². The predicted molar refractivity (Wildman–Crippen MR) is 50.0 cm³/mol. The van der Waals surface area contributed by atoms with Gasteiger partial charge in [0, 0.05) is 0 Å². The van der Waals surface area contributed by atoms with Gasteiger partial charge in [-0.2, -0.15) is 0 Å². The van der Waals surface area contributed by atoms with E-state index in [1.165, 1.54) is 10.6 Å². The molecule has 0 saturated heterocycles. The molecular weight excluding hydrogens is 191 g/mol. The molecule has 72 valence electrons. The average molecular weight is 204 g/mol. The van der Waals surface area contributed by atoms with Crippen LogP contribution in [0.2, 0.25) is 0 Å². The molecule has 0 aliphatic rings. The molecule has 14 heavy (non-hydrogen) atoms. The summed E-state index contributed by atoms with van der Waals surface area (Å²) in [4.78, 5) is 26.4. The van der Waals surface area contributed by atoms with Gasteiger partial charge in [0.1, 0.15) is 0 Å². The first-order chi connectivity index (χ1) is 6.06. The Morgan fingerprint density at radius 3 is 2.50 bits per heavy atom. The minimum absolute atomic E-state index is 0. The van der Waals surface area contributed by atoms with E-state index in [2.05, 4.69) is 4.98 Å². The molecule has 0 spiro atoms. The Hall–Kier alpha value is -0.320. The third-order valence-electron chi connectivity index (χ3n) is 2.08. The van der Waals surface area contributed by atoms with Crippen molar-refractivity contribution in [1.29, 1.82) is 0 Å². The van der Waals surface area contributed by atoms with E-state index in [-0.39, 0.29) is 41.2 Å². The molecule has 1 aromatic heterocycles. The number of aromatic nitrogens is 2. The average Bonchev–Trinajstić information content (AvgIpc) is 2.02. The maximum atomic E-state index is 11.4. The van der Waals surface area contributed by atoms with Crippen LogP contribution < -0.4 is 45.8 Å². The summed E-state index contributed by atoms with van der Waals surface area (Å²) in [6.07, 6.45) is 0.750. The van der Waals surface area contributed by atoms with Gasteiger partial charge in [-0.25, -0.2) is 0 Å². The van der Waals surface area contributed by atoms with E-state index in [0.29, 0.717) is 5.69 Å². The van der Waals surface area contributed by atoms with Crippen molar-refractivity contribution >= 4 is 0 Å². The van der Waals surface area contributed by atoms with E-state index in [1.807, 2.05) is 13.8 Å². The number of aryl methyl sites for hydroxylation is 1. The molecule has 1 heterocycles. The van der Waals surface area contributed by atoms with Gasteiger partial charge in [0.15, 0.2) is 11.2 Å². The first-order valence-corrected chi connectivity index (χ1v) is 4.33. The van der Waals surface area contributed by atoms with Crippen LogP contribution >= 0.6 is 0 Å². The Morgan fingerprint density at radius 2 is 2.07 bits per heavy atom. The molecule has 0 aromatic carbocycles. The molecule has 0 bridgehead atoms. The molecule has 4 nitrogen and oxygen atoms in total. The second-order valence-electron chi connectivity index (χ2n) is 3.15. The van der Waals surface area contributed by atoms with Crippen LogP contribution in [0.3, 0.4) is 0 Å². The van der Waals surface area contributed by atoms with E-state index in [1.54, 1.807) is 6.92 Å². The summed E-state index contributed by atoms with van der Waals surface area (Å²) >= 11 is 0. The second-order valence-corrected chi connectivity index (χ2v) is 3.15. The van der Waals surface area contributed by atoms with Gasteiger partial charge in [-0.05, 0) is 19.0 Å². The van der Waals surface area contributed by atoms with Gasteiger partial charge in [0.05, 0.1) is 0 Å². The number of hydrogen-bond acceptors (Lipinski definition) is 2. The van der Waals surface area contributed by atoms with Crippen LogP contribution in [-0.2, 0) is 0 Å². The molecule has 0 fully saturated rings. The Kier molecular flexibility index (Phi) is 5.41. The summed E-state index contributed by atoms with van der Waals surface area (Å²) in [6, 6.07) is 1.31. The fourth-order valence-corrected chi connectivity index (χ4v) is 1.17. The third-order valence-corrected chi connectivity index (χ3v) is 2.08. The van der Waals surface area contributed by atoms with Crippen LogP contribution in [-0.4, -0.2) is 4.57 Å². The van der Waals surface area contributed by atoms with Gasteiger partial charge < -0.3 is 9.55 Å². The molecule has 0 aliphatic heterocycles. The SMILES string of the molecule is CCC(C)n1c(=O)cc(C)[n-]c1=O.[Na+]. The van der Waals surface area contributed by atoms with Gasteiger partial charge in [-0.1, -0.05) is 26.0 Å². The maximum absolute atomic E-state index is 11.4. The third kappa shape index (κ3) is 2.83. The van der Waals surface area contributed by atoms with Crippen molar-refractivity contribution in [2.24, 2.45) is 0 Å². The van der Waals surface area contributed by atoms with Crippen molar-refractivity contribution in [3.63, 3.8) is 0 Å². The Bertz CT molecular complexity index is 377. The van der Waals surface area contributed by atoms with Crippen LogP contribution in [0.5, 0.6) is 0 Å². The van der Waals surface area contributed by atoms with E-state index in [0.717, 1.165) is 6.42 Å². The van der Waals surface area contributed by atoms with E-state index in [9.17, 15) is 9.59 Å². The molecule has 0 amide bonds. The fourth-order valence-electron chi connectivity index (χ4n) is 1.17. The molecule has 5 heteroatoms. The Balaban J connectivity index is 0.00000169. The van der Waals surface area contributed by atoms with Gasteiger partial charge >= 0.3 is 29.6 Å². The van der Waals surface area contributed by atoms with E-state index in [4.69, 9.17) is 0 Å². The van der Waals surface area contributed by atoms with E-state index < -0.39 is 5.69 Å². The molecule has 0 aliphatic carbocycles. The first kappa shape index (κ1) is 13.7. The second kappa shape index (κ2) is 5.53. The van der Waals surface area contributed by atoms with Crippen molar-refractivity contribution in [2.75, 3.05) is 0 Å². The quantitative estimate of drug-likeness (QED) is 0.498. The van der Waals surface area contributed by atoms with Crippen LogP contribution in [0.25, 0.3) is 0 Å². The standard InChI is InChI=1S/C9H14N2O2.Na/c1-4-7(3)11-8(12)5-6(2)10-9(11)13;/h5,7H,4H2,1-3H3,(H,10,12,13);/q;+1/p-1. The predicted octanol–water partition coefficient (Wildman–Crippen LogP) is -2.55. The molecule has 0 saturated carbocycles. The van der Waals surface area contributed by atoms with Crippen molar-refractivity contribution in [1.82, 2.24) is 9.55 Å². The molecule has 0 N–H and O–H groups in total. The van der Waals surface area contributed by atoms with Gasteiger partial charge in [-0.3, -0.25) is 9.59 Å². The summed E-state index contributed by atoms with van der Waals surface area (Å²) in [5.74, 6) is 0. The monoisotopic (exact) mass is 204 g/mol. The normalized spacial score (nSPS) is 11.9. The summed E-state index contributed by atoms with van der Waals surface area (Å²) in [6.45, 7) is 5.40.